The second-order valence-corrected chi connectivity index (χ2v) is 9.81. The lowest BCUT2D eigenvalue weighted by atomic mass is 9.86. The van der Waals surface area contributed by atoms with Gasteiger partial charge in [0, 0.05) is 36.9 Å². The molecule has 3 aliphatic rings. The first kappa shape index (κ1) is 22.4. The number of hydrogen-bond acceptors (Lipinski definition) is 4. The number of carboxylic acids is 1. The number of aliphatic carboxylic acids is 1. The lowest BCUT2D eigenvalue weighted by molar-refractivity contribution is -0.152. The number of fused-ring (bicyclic) bond motifs is 3. The number of nitrogens with one attached hydrogen (secondary N) is 1. The summed E-state index contributed by atoms with van der Waals surface area (Å²) < 4.78 is 5.64. The lowest BCUT2D eigenvalue weighted by Gasteiger charge is -2.42. The zero-order chi connectivity index (χ0) is 23.8. The minimum Gasteiger partial charge on any atom is -0.481 e. The highest BCUT2D eigenvalue weighted by molar-refractivity contribution is 5.81. The zero-order valence-electron chi connectivity index (χ0n) is 19.3. The normalized spacial score (nSPS) is 22.4. The summed E-state index contributed by atoms with van der Waals surface area (Å²) in [7, 11) is 0. The van der Waals surface area contributed by atoms with Crippen molar-refractivity contribution in [3.63, 3.8) is 0 Å². The Labute approximate surface area is 199 Å². The van der Waals surface area contributed by atoms with E-state index < -0.39 is 18.0 Å². The summed E-state index contributed by atoms with van der Waals surface area (Å²) in [5.41, 5.74) is 4.73. The molecule has 1 saturated heterocycles. The highest BCUT2D eigenvalue weighted by Crippen LogP contribution is 2.44. The molecule has 7 heteroatoms. The third kappa shape index (κ3) is 4.15. The largest absolute Gasteiger partial charge is 0.481 e. The Kier molecular flexibility index (Phi) is 6.02. The Morgan fingerprint density at radius 1 is 1.03 bits per heavy atom. The van der Waals surface area contributed by atoms with Crippen molar-refractivity contribution in [3.8, 4) is 11.1 Å². The summed E-state index contributed by atoms with van der Waals surface area (Å²) in [6, 6.07) is 16.4. The van der Waals surface area contributed by atoms with Crippen LogP contribution in [0, 0.1) is 17.8 Å². The average molecular weight is 463 g/mol. The first-order chi connectivity index (χ1) is 16.4. The molecule has 1 aliphatic heterocycles. The van der Waals surface area contributed by atoms with Crippen LogP contribution in [-0.4, -0.2) is 53.7 Å². The number of ether oxygens (including phenoxy) is 1. The van der Waals surface area contributed by atoms with Gasteiger partial charge in [-0.25, -0.2) is 4.79 Å². The maximum absolute atomic E-state index is 12.8. The van der Waals surface area contributed by atoms with E-state index in [4.69, 9.17) is 9.84 Å². The maximum atomic E-state index is 12.8. The Hall–Kier alpha value is -3.35. The maximum Gasteiger partial charge on any atom is 0.407 e. The molecule has 1 saturated carbocycles. The van der Waals surface area contributed by atoms with E-state index in [9.17, 15) is 14.4 Å². The van der Waals surface area contributed by atoms with Crippen molar-refractivity contribution in [2.45, 2.75) is 38.1 Å². The monoisotopic (exact) mass is 462 g/mol. The third-order valence-electron chi connectivity index (χ3n) is 7.77. The smallest absolute Gasteiger partial charge is 0.407 e. The Balaban J connectivity index is 1.11. The quantitative estimate of drug-likeness (QED) is 0.679. The summed E-state index contributed by atoms with van der Waals surface area (Å²) >= 11 is 0. The fraction of sp³-hybridized carbons (Fsp3) is 0.444. The molecular formula is C27H30N2O5. The average Bonchev–Trinajstić information content (AvgIpc) is 3.39. The number of carboxylic acid groups (broad SMARTS) is 1. The van der Waals surface area contributed by atoms with Crippen molar-refractivity contribution in [3.05, 3.63) is 59.7 Å². The Morgan fingerprint density at radius 2 is 1.65 bits per heavy atom. The molecule has 2 amide bonds. The molecule has 2 aromatic rings. The van der Waals surface area contributed by atoms with E-state index in [0.29, 0.717) is 19.5 Å². The molecule has 2 aliphatic carbocycles. The highest BCUT2D eigenvalue weighted by Gasteiger charge is 2.41. The van der Waals surface area contributed by atoms with Crippen molar-refractivity contribution in [1.29, 1.82) is 0 Å². The number of carbonyl (C=O) groups is 3. The number of nitrogens with zero attached hydrogens (tertiary/aromatic N) is 1. The minimum atomic E-state index is -0.815. The first-order valence-corrected chi connectivity index (χ1v) is 12.1. The first-order valence-electron chi connectivity index (χ1n) is 12.1. The number of hydrogen-bond donors (Lipinski definition) is 2. The van der Waals surface area contributed by atoms with Crippen LogP contribution in [-0.2, 0) is 14.3 Å². The van der Waals surface area contributed by atoms with Crippen LogP contribution < -0.4 is 5.32 Å². The van der Waals surface area contributed by atoms with Crippen LogP contribution in [0.4, 0.5) is 4.79 Å². The van der Waals surface area contributed by atoms with Crippen LogP contribution in [0.5, 0.6) is 0 Å². The Morgan fingerprint density at radius 3 is 2.26 bits per heavy atom. The molecule has 0 spiro atoms. The van der Waals surface area contributed by atoms with Crippen LogP contribution in [0.1, 0.15) is 43.2 Å². The highest BCUT2D eigenvalue weighted by atomic mass is 16.5. The standard InChI is InChI=1S/C27H30N2O5/c1-16(26(31)32)18-13-29(14-18)25(30)17-10-11-19(12-17)28-27(33)34-15-24-22-8-4-2-6-20(22)21-7-3-5-9-23(21)24/h2-9,16-19,24H,10-15H2,1H3,(H,28,33)(H,31,32)/t16?,17-,19+/m0/s1. The molecule has 2 fully saturated rings. The molecule has 1 unspecified atom stereocenters. The third-order valence-corrected chi connectivity index (χ3v) is 7.77. The number of alkyl carbamates (subject to hydrolysis) is 1. The molecule has 0 radical (unpaired) electrons. The van der Waals surface area contributed by atoms with E-state index in [1.54, 1.807) is 11.8 Å². The van der Waals surface area contributed by atoms with Crippen molar-refractivity contribution in [1.82, 2.24) is 10.2 Å². The van der Waals surface area contributed by atoms with Crippen molar-refractivity contribution in [2.24, 2.45) is 17.8 Å². The molecule has 34 heavy (non-hydrogen) atoms. The van der Waals surface area contributed by atoms with Gasteiger partial charge < -0.3 is 20.1 Å². The number of benzene rings is 2. The number of carbonyl (C=O) groups excluding carboxylic acids is 2. The molecule has 2 aromatic carbocycles. The van der Waals surface area contributed by atoms with E-state index in [1.165, 1.54) is 22.3 Å². The zero-order valence-corrected chi connectivity index (χ0v) is 19.3. The second kappa shape index (κ2) is 9.12. The van der Waals surface area contributed by atoms with E-state index in [0.717, 1.165) is 12.8 Å². The number of amides is 2. The second-order valence-electron chi connectivity index (χ2n) is 9.81. The van der Waals surface area contributed by atoms with E-state index in [-0.39, 0.29) is 36.3 Å². The summed E-state index contributed by atoms with van der Waals surface area (Å²) in [5, 5.41) is 12.1. The predicted octanol–water partition coefficient (Wildman–Crippen LogP) is 3.87. The predicted molar refractivity (Wildman–Crippen MR) is 126 cm³/mol. The van der Waals surface area contributed by atoms with Crippen molar-refractivity contribution in [2.75, 3.05) is 19.7 Å². The lowest BCUT2D eigenvalue weighted by Crippen LogP contribution is -2.55. The van der Waals surface area contributed by atoms with Crippen LogP contribution in [0.2, 0.25) is 0 Å². The van der Waals surface area contributed by atoms with Crippen LogP contribution in [0.15, 0.2) is 48.5 Å². The molecule has 0 aromatic heterocycles. The van der Waals surface area contributed by atoms with Gasteiger partial charge in [-0.15, -0.1) is 0 Å². The van der Waals surface area contributed by atoms with Gasteiger partial charge in [0.1, 0.15) is 6.61 Å². The van der Waals surface area contributed by atoms with Gasteiger partial charge in [0.15, 0.2) is 0 Å². The SMILES string of the molecule is CC(C(=O)O)C1CN(C(=O)[C@H]2CC[C@@H](NC(=O)OCC3c4ccccc4-c4ccccc43)C2)C1. The molecular weight excluding hydrogens is 432 g/mol. The molecule has 5 rings (SSSR count). The van der Waals surface area contributed by atoms with Gasteiger partial charge in [-0.05, 0) is 41.5 Å². The van der Waals surface area contributed by atoms with Gasteiger partial charge in [0.2, 0.25) is 5.91 Å². The van der Waals surface area contributed by atoms with Crippen molar-refractivity contribution >= 4 is 18.0 Å². The number of rotatable bonds is 6. The van der Waals surface area contributed by atoms with Gasteiger partial charge in [-0.3, -0.25) is 9.59 Å². The molecule has 178 valence electrons. The van der Waals surface area contributed by atoms with Gasteiger partial charge in [0.05, 0.1) is 5.92 Å². The minimum absolute atomic E-state index is 0.0172. The molecule has 0 bridgehead atoms. The topological polar surface area (TPSA) is 95.9 Å². The summed E-state index contributed by atoms with van der Waals surface area (Å²) in [6.07, 6.45) is 1.62. The fourth-order valence-electron chi connectivity index (χ4n) is 5.61. The summed E-state index contributed by atoms with van der Waals surface area (Å²) in [6.45, 7) is 2.98. The van der Waals surface area contributed by atoms with Crippen LogP contribution in [0.3, 0.4) is 0 Å². The van der Waals surface area contributed by atoms with Gasteiger partial charge in [-0.1, -0.05) is 55.5 Å². The molecule has 3 atom stereocenters. The molecule has 2 N–H and O–H groups in total. The van der Waals surface area contributed by atoms with E-state index >= 15 is 0 Å². The van der Waals surface area contributed by atoms with Gasteiger partial charge >= 0.3 is 12.1 Å². The summed E-state index contributed by atoms with van der Waals surface area (Å²) in [5.74, 6) is -1.26. The molecule has 1 heterocycles. The van der Waals surface area contributed by atoms with Crippen LogP contribution in [0.25, 0.3) is 11.1 Å². The summed E-state index contributed by atoms with van der Waals surface area (Å²) in [4.78, 5) is 38.2. The van der Waals surface area contributed by atoms with E-state index in [1.807, 2.05) is 24.3 Å². The van der Waals surface area contributed by atoms with Gasteiger partial charge in [0.25, 0.3) is 0 Å². The number of likely N-dealkylation sites (tertiary alicyclic amines) is 1. The fourth-order valence-corrected chi connectivity index (χ4v) is 5.61. The van der Waals surface area contributed by atoms with E-state index in [2.05, 4.69) is 29.6 Å². The van der Waals surface area contributed by atoms with Crippen LogP contribution >= 0.6 is 0 Å². The molecule has 7 nitrogen and oxygen atoms in total. The van der Waals surface area contributed by atoms with Gasteiger partial charge in [-0.2, -0.15) is 0 Å². The van der Waals surface area contributed by atoms with Crippen molar-refractivity contribution < 1.29 is 24.2 Å². The Bertz CT molecular complexity index is 1060.